The van der Waals surface area contributed by atoms with E-state index in [9.17, 15) is 26.7 Å². The van der Waals surface area contributed by atoms with Gasteiger partial charge in [-0.15, -0.1) is 13.2 Å². The van der Waals surface area contributed by atoms with E-state index in [1.165, 1.54) is 35.2 Å². The third kappa shape index (κ3) is 5.68. The molecule has 37 heavy (non-hydrogen) atoms. The molecule has 5 nitrogen and oxygen atoms in total. The van der Waals surface area contributed by atoms with Gasteiger partial charge >= 0.3 is 12.5 Å². The van der Waals surface area contributed by atoms with Gasteiger partial charge < -0.3 is 18.9 Å². The summed E-state index contributed by atoms with van der Waals surface area (Å²) in [5.74, 6) is -2.30. The molecule has 3 aromatic carbocycles. The lowest BCUT2D eigenvalue weighted by atomic mass is 10.00. The summed E-state index contributed by atoms with van der Waals surface area (Å²) in [5.41, 5.74) is 1.47. The summed E-state index contributed by atoms with van der Waals surface area (Å²) in [7, 11) is 0. The lowest BCUT2D eigenvalue weighted by molar-refractivity contribution is -0.274. The molecule has 0 bridgehead atoms. The molecule has 0 atom stereocenters. The van der Waals surface area contributed by atoms with Gasteiger partial charge in [-0.3, -0.25) is 0 Å². The Morgan fingerprint density at radius 3 is 2.32 bits per heavy atom. The van der Waals surface area contributed by atoms with E-state index in [1.54, 1.807) is 42.8 Å². The zero-order chi connectivity index (χ0) is 26.7. The highest BCUT2D eigenvalue weighted by atomic mass is 19.4. The van der Waals surface area contributed by atoms with E-state index in [1.807, 2.05) is 0 Å². The number of aromatic nitrogens is 1. The Morgan fingerprint density at radius 1 is 0.919 bits per heavy atom. The number of nitrogens with zero attached hydrogens (tertiary/aromatic N) is 2. The van der Waals surface area contributed by atoms with Crippen LogP contribution in [0.25, 0.3) is 22.0 Å². The van der Waals surface area contributed by atoms with Crippen LogP contribution in [0.3, 0.4) is 0 Å². The highest BCUT2D eigenvalue weighted by molar-refractivity contribution is 5.99. The molecular formula is C27H23F5N2O3. The second-order valence-electron chi connectivity index (χ2n) is 8.14. The van der Waals surface area contributed by atoms with Crippen LogP contribution < -0.4 is 9.47 Å². The van der Waals surface area contributed by atoms with Gasteiger partial charge in [0.1, 0.15) is 11.5 Å². The Labute approximate surface area is 209 Å². The lowest BCUT2D eigenvalue weighted by Gasteiger charge is -2.20. The van der Waals surface area contributed by atoms with Crippen molar-refractivity contribution >= 4 is 17.0 Å². The Balaban J connectivity index is 1.81. The largest absolute Gasteiger partial charge is 0.573 e. The molecule has 0 spiro atoms. The summed E-state index contributed by atoms with van der Waals surface area (Å²) >= 11 is 0. The molecule has 0 radical (unpaired) electrons. The zero-order valence-electron chi connectivity index (χ0n) is 20.0. The molecule has 0 aliphatic carbocycles. The SMILES string of the molecule is CCN(CC)C(=O)Oc1ccc2c(ccn2Cc2ccccc2OC(F)(F)F)c1-c1ccc(F)c(F)c1. The number of ether oxygens (including phenoxy) is 2. The standard InChI is InChI=1S/C27H23F5N2O3/c1-3-33(4-2)26(35)36-24-12-11-22-19(25(24)17-9-10-20(28)21(29)15-17)13-14-34(22)16-18-7-5-6-8-23(18)37-27(30,31)32/h5-15H,3-4,16H2,1-2H3. The fourth-order valence-electron chi connectivity index (χ4n) is 4.11. The molecule has 0 unspecified atom stereocenters. The number of rotatable bonds is 7. The van der Waals surface area contributed by atoms with Crippen LogP contribution in [-0.4, -0.2) is 35.0 Å². The molecular weight excluding hydrogens is 495 g/mol. The molecule has 0 N–H and O–H groups in total. The van der Waals surface area contributed by atoms with Crippen LogP contribution in [0.2, 0.25) is 0 Å². The van der Waals surface area contributed by atoms with Crippen molar-refractivity contribution in [3.8, 4) is 22.6 Å². The summed E-state index contributed by atoms with van der Waals surface area (Å²) in [6, 6.07) is 14.0. The number of carbonyl (C=O) groups excluding carboxylic acids is 1. The van der Waals surface area contributed by atoms with Crippen molar-refractivity contribution in [2.24, 2.45) is 0 Å². The van der Waals surface area contributed by atoms with Crippen molar-refractivity contribution in [2.45, 2.75) is 26.8 Å². The van der Waals surface area contributed by atoms with Crippen LogP contribution >= 0.6 is 0 Å². The summed E-state index contributed by atoms with van der Waals surface area (Å²) in [4.78, 5) is 14.1. The second-order valence-corrected chi connectivity index (χ2v) is 8.14. The fourth-order valence-corrected chi connectivity index (χ4v) is 4.11. The molecule has 1 heterocycles. The number of hydrogen-bond donors (Lipinski definition) is 0. The number of para-hydroxylation sites is 1. The van der Waals surface area contributed by atoms with E-state index in [4.69, 9.17) is 4.74 Å². The van der Waals surface area contributed by atoms with Gasteiger partial charge in [-0.1, -0.05) is 24.3 Å². The number of fused-ring (bicyclic) bond motifs is 1. The molecule has 4 aromatic rings. The fraction of sp³-hybridized carbons (Fsp3) is 0.222. The van der Waals surface area contributed by atoms with E-state index in [0.717, 1.165) is 12.1 Å². The average Bonchev–Trinajstić information content (AvgIpc) is 3.24. The van der Waals surface area contributed by atoms with Gasteiger partial charge in [0.25, 0.3) is 0 Å². The number of carbonyl (C=O) groups is 1. The number of amides is 1. The predicted octanol–water partition coefficient (Wildman–Crippen LogP) is 7.37. The normalized spacial score (nSPS) is 11.5. The maximum Gasteiger partial charge on any atom is 0.573 e. The average molecular weight is 518 g/mol. The molecule has 1 aromatic heterocycles. The molecule has 0 fully saturated rings. The van der Waals surface area contributed by atoms with Crippen LogP contribution in [0.15, 0.2) is 66.9 Å². The Kier molecular flexibility index (Phi) is 7.37. The summed E-state index contributed by atoms with van der Waals surface area (Å²) in [6.45, 7) is 4.45. The molecule has 10 heteroatoms. The van der Waals surface area contributed by atoms with Gasteiger partial charge in [0.2, 0.25) is 0 Å². The summed E-state index contributed by atoms with van der Waals surface area (Å²) < 4.78 is 78.0. The van der Waals surface area contributed by atoms with Crippen molar-refractivity contribution in [2.75, 3.05) is 13.1 Å². The van der Waals surface area contributed by atoms with E-state index >= 15 is 0 Å². The monoisotopic (exact) mass is 518 g/mol. The van der Waals surface area contributed by atoms with E-state index < -0.39 is 24.1 Å². The first kappa shape index (κ1) is 26.0. The smallest absolute Gasteiger partial charge is 0.410 e. The Hall–Kier alpha value is -4.08. The lowest BCUT2D eigenvalue weighted by Crippen LogP contribution is -2.33. The minimum absolute atomic E-state index is 0.0333. The van der Waals surface area contributed by atoms with Crippen molar-refractivity contribution in [3.63, 3.8) is 0 Å². The number of benzene rings is 3. The minimum Gasteiger partial charge on any atom is -0.410 e. The summed E-state index contributed by atoms with van der Waals surface area (Å²) in [5, 5.41) is 0.532. The van der Waals surface area contributed by atoms with Gasteiger partial charge in [0.05, 0.1) is 6.54 Å². The maximum absolute atomic E-state index is 14.2. The topological polar surface area (TPSA) is 43.7 Å². The van der Waals surface area contributed by atoms with Gasteiger partial charge in [0.15, 0.2) is 11.6 Å². The maximum atomic E-state index is 14.2. The third-order valence-electron chi connectivity index (χ3n) is 5.88. The quantitative estimate of drug-likeness (QED) is 0.240. The van der Waals surface area contributed by atoms with Crippen LogP contribution in [0.1, 0.15) is 19.4 Å². The van der Waals surface area contributed by atoms with Gasteiger partial charge in [0, 0.05) is 41.3 Å². The minimum atomic E-state index is -4.85. The third-order valence-corrected chi connectivity index (χ3v) is 5.88. The van der Waals surface area contributed by atoms with Crippen molar-refractivity contribution in [1.29, 1.82) is 0 Å². The van der Waals surface area contributed by atoms with Crippen LogP contribution in [0.5, 0.6) is 11.5 Å². The predicted molar refractivity (Wildman–Crippen MR) is 128 cm³/mol. The molecule has 4 rings (SSSR count). The first-order valence-corrected chi connectivity index (χ1v) is 11.5. The first-order valence-electron chi connectivity index (χ1n) is 11.5. The highest BCUT2D eigenvalue weighted by Gasteiger charge is 2.32. The molecule has 194 valence electrons. The van der Waals surface area contributed by atoms with Crippen molar-refractivity contribution < 1.29 is 36.2 Å². The Morgan fingerprint density at radius 2 is 1.65 bits per heavy atom. The number of halogens is 5. The number of alkyl halides is 3. The molecule has 0 saturated carbocycles. The van der Waals surface area contributed by atoms with E-state index in [2.05, 4.69) is 4.74 Å². The Bertz CT molecular complexity index is 1430. The second kappa shape index (κ2) is 10.5. The van der Waals surface area contributed by atoms with Crippen molar-refractivity contribution in [3.05, 3.63) is 84.1 Å². The molecule has 1 amide bonds. The first-order chi connectivity index (χ1) is 17.6. The van der Waals surface area contributed by atoms with Gasteiger partial charge in [-0.2, -0.15) is 0 Å². The van der Waals surface area contributed by atoms with Gasteiger partial charge in [-0.05, 0) is 55.8 Å². The zero-order valence-corrected chi connectivity index (χ0v) is 20.0. The molecule has 0 saturated heterocycles. The summed E-state index contributed by atoms with van der Waals surface area (Å²) in [6.07, 6.45) is -3.81. The van der Waals surface area contributed by atoms with Crippen LogP contribution in [-0.2, 0) is 6.54 Å². The van der Waals surface area contributed by atoms with Crippen molar-refractivity contribution in [1.82, 2.24) is 9.47 Å². The molecule has 0 aliphatic rings. The van der Waals surface area contributed by atoms with Crippen LogP contribution in [0.4, 0.5) is 26.7 Å². The van der Waals surface area contributed by atoms with E-state index in [0.29, 0.717) is 29.6 Å². The highest BCUT2D eigenvalue weighted by Crippen LogP contribution is 2.39. The van der Waals surface area contributed by atoms with E-state index in [-0.39, 0.29) is 29.2 Å². The van der Waals surface area contributed by atoms with Crippen LogP contribution in [0, 0.1) is 11.6 Å². The molecule has 0 aliphatic heterocycles. The number of hydrogen-bond acceptors (Lipinski definition) is 3. The van der Waals surface area contributed by atoms with Gasteiger partial charge in [-0.25, -0.2) is 13.6 Å².